The normalized spacial score (nSPS) is 22.9. The van der Waals surface area contributed by atoms with Gasteiger partial charge in [0, 0.05) is 25.0 Å². The number of carbonyl (C=O) groups excluding carboxylic acids is 4. The van der Waals surface area contributed by atoms with E-state index < -0.39 is 40.9 Å². The van der Waals surface area contributed by atoms with Gasteiger partial charge in [-0.2, -0.15) is 0 Å². The van der Waals surface area contributed by atoms with Crippen molar-refractivity contribution in [2.75, 3.05) is 40.6 Å². The molecule has 0 bridgehead atoms. The monoisotopic (exact) mass is 517 g/mol. The molecular formula is C26H31NO10. The molecule has 1 aliphatic carbocycles. The highest BCUT2D eigenvalue weighted by Gasteiger charge is 2.68. The molecule has 2 fully saturated rings. The predicted octanol–water partition coefficient (Wildman–Crippen LogP) is 1.56. The van der Waals surface area contributed by atoms with Gasteiger partial charge in [0.15, 0.2) is 22.7 Å². The van der Waals surface area contributed by atoms with Crippen molar-refractivity contribution in [1.29, 1.82) is 0 Å². The summed E-state index contributed by atoms with van der Waals surface area (Å²) in [4.78, 5) is 54.8. The highest BCUT2D eigenvalue weighted by Crippen LogP contribution is 2.53. The van der Waals surface area contributed by atoms with Crippen molar-refractivity contribution in [3.05, 3.63) is 35.5 Å². The van der Waals surface area contributed by atoms with E-state index in [0.717, 1.165) is 4.90 Å². The van der Waals surface area contributed by atoms with Gasteiger partial charge in [-0.1, -0.05) is 12.1 Å². The summed E-state index contributed by atoms with van der Waals surface area (Å²) in [5.74, 6) is -3.89. The second-order valence-corrected chi connectivity index (χ2v) is 8.87. The summed E-state index contributed by atoms with van der Waals surface area (Å²) in [6, 6.07) is 3.85. The van der Waals surface area contributed by atoms with Crippen molar-refractivity contribution < 1.29 is 47.6 Å². The maximum Gasteiger partial charge on any atom is 0.329 e. The van der Waals surface area contributed by atoms with E-state index in [0.29, 0.717) is 30.3 Å². The lowest BCUT2D eigenvalue weighted by Gasteiger charge is -2.40. The number of nitrogens with zero attached hydrogens (tertiary/aromatic N) is 1. The van der Waals surface area contributed by atoms with Crippen LogP contribution in [0.5, 0.6) is 11.5 Å². The molecule has 0 aromatic heterocycles. The summed E-state index contributed by atoms with van der Waals surface area (Å²) in [6.45, 7) is 3.89. The van der Waals surface area contributed by atoms with Crippen molar-refractivity contribution >= 4 is 23.6 Å². The second-order valence-electron chi connectivity index (χ2n) is 8.87. The van der Waals surface area contributed by atoms with Crippen molar-refractivity contribution in [3.8, 4) is 11.5 Å². The standard InChI is InChI=1S/C26H31NO10/c1-5-34-23(30)17(13-16-7-8-18(32-3)19(14-16)33-4)27-20-9-10-25(36-11-12-37-25)15-26(20,21(28)22(27)29)24(31)35-6-2/h7-9,14,17H,5-6,10-13,15H2,1-4H3/t17-,26-/m1/s1. The average Bonchev–Trinajstić information content (AvgIpc) is 3.43. The van der Waals surface area contributed by atoms with Gasteiger partial charge in [0.05, 0.1) is 40.6 Å². The molecule has 2 aliphatic heterocycles. The van der Waals surface area contributed by atoms with Gasteiger partial charge in [-0.3, -0.25) is 19.3 Å². The highest BCUT2D eigenvalue weighted by atomic mass is 16.7. The number of benzene rings is 1. The number of ketones is 1. The number of methoxy groups -OCH3 is 2. The van der Waals surface area contributed by atoms with E-state index in [9.17, 15) is 19.2 Å². The molecule has 2 heterocycles. The van der Waals surface area contributed by atoms with Crippen LogP contribution in [0.3, 0.4) is 0 Å². The molecule has 200 valence electrons. The Balaban J connectivity index is 1.80. The van der Waals surface area contributed by atoms with Crippen molar-refractivity contribution in [3.63, 3.8) is 0 Å². The number of carbonyl (C=O) groups is 4. The molecule has 1 spiro atoms. The number of rotatable bonds is 9. The first-order valence-electron chi connectivity index (χ1n) is 12.2. The first kappa shape index (κ1) is 26.6. The van der Waals surface area contributed by atoms with Crippen molar-refractivity contribution in [2.24, 2.45) is 5.41 Å². The van der Waals surface area contributed by atoms with Gasteiger partial charge in [0.25, 0.3) is 5.91 Å². The predicted molar refractivity (Wildman–Crippen MR) is 127 cm³/mol. The minimum Gasteiger partial charge on any atom is -0.493 e. The average molecular weight is 518 g/mol. The van der Waals surface area contributed by atoms with Gasteiger partial charge in [-0.05, 0) is 31.5 Å². The zero-order valence-corrected chi connectivity index (χ0v) is 21.4. The van der Waals surface area contributed by atoms with E-state index >= 15 is 0 Å². The minimum absolute atomic E-state index is 0.00298. The number of Topliss-reactive ketones (excluding diaryl/α,β-unsaturated/α-hetero) is 1. The van der Waals surface area contributed by atoms with Crippen molar-refractivity contribution in [2.45, 2.75) is 44.9 Å². The number of fused-ring (bicyclic) bond motifs is 1. The largest absolute Gasteiger partial charge is 0.493 e. The Morgan fingerprint density at radius 3 is 2.32 bits per heavy atom. The summed E-state index contributed by atoms with van der Waals surface area (Å²) < 4.78 is 32.8. The van der Waals surface area contributed by atoms with Crippen LogP contribution in [-0.2, 0) is 44.5 Å². The van der Waals surface area contributed by atoms with Gasteiger partial charge >= 0.3 is 11.9 Å². The third-order valence-electron chi connectivity index (χ3n) is 6.82. The molecule has 1 aromatic carbocycles. The molecule has 1 aromatic rings. The maximum absolute atomic E-state index is 13.6. The van der Waals surface area contributed by atoms with Crippen LogP contribution in [0.4, 0.5) is 0 Å². The van der Waals surface area contributed by atoms with E-state index in [1.54, 1.807) is 38.1 Å². The summed E-state index contributed by atoms with van der Waals surface area (Å²) in [7, 11) is 2.99. The number of likely N-dealkylation sites (tertiary alicyclic amines) is 1. The topological polar surface area (TPSA) is 127 Å². The van der Waals surface area contributed by atoms with Crippen LogP contribution in [-0.4, -0.2) is 81.0 Å². The van der Waals surface area contributed by atoms with Gasteiger partial charge in [0.1, 0.15) is 6.04 Å². The molecule has 11 nitrogen and oxygen atoms in total. The lowest BCUT2D eigenvalue weighted by Crippen LogP contribution is -2.51. The molecule has 0 saturated carbocycles. The quantitative estimate of drug-likeness (QED) is 0.270. The van der Waals surface area contributed by atoms with E-state index in [1.807, 2.05) is 0 Å². The third-order valence-corrected chi connectivity index (χ3v) is 6.82. The molecule has 37 heavy (non-hydrogen) atoms. The first-order chi connectivity index (χ1) is 17.8. The second kappa shape index (κ2) is 10.5. The number of hydrogen-bond donors (Lipinski definition) is 0. The summed E-state index contributed by atoms with van der Waals surface area (Å²) in [5.41, 5.74) is -1.28. The molecule has 4 rings (SSSR count). The fourth-order valence-corrected chi connectivity index (χ4v) is 5.19. The molecule has 0 N–H and O–H groups in total. The molecule has 2 atom stereocenters. The molecular weight excluding hydrogens is 486 g/mol. The summed E-state index contributed by atoms with van der Waals surface area (Å²) in [6.07, 6.45) is 1.52. The SMILES string of the molecule is CCOC(=O)[C@@H](Cc1ccc(OC)c(OC)c1)N1C(=O)C(=O)[C@@]2(C(=O)OCC)CC3(CC=C12)OCCO3. The van der Waals surface area contributed by atoms with Gasteiger partial charge < -0.3 is 28.4 Å². The zero-order chi connectivity index (χ0) is 26.8. The van der Waals surface area contributed by atoms with Crippen LogP contribution in [0.15, 0.2) is 30.0 Å². The third kappa shape index (κ3) is 4.46. The van der Waals surface area contributed by atoms with Crippen molar-refractivity contribution in [1.82, 2.24) is 4.90 Å². The fourth-order valence-electron chi connectivity index (χ4n) is 5.19. The minimum atomic E-state index is -1.99. The lowest BCUT2D eigenvalue weighted by molar-refractivity contribution is -0.193. The Morgan fingerprint density at radius 2 is 1.70 bits per heavy atom. The van der Waals surface area contributed by atoms with E-state index in [1.165, 1.54) is 14.2 Å². The molecule has 0 unspecified atom stereocenters. The summed E-state index contributed by atoms with van der Waals surface area (Å²) >= 11 is 0. The maximum atomic E-state index is 13.6. The van der Waals surface area contributed by atoms with Crippen LogP contribution in [0, 0.1) is 5.41 Å². The van der Waals surface area contributed by atoms with Crippen LogP contribution < -0.4 is 9.47 Å². The van der Waals surface area contributed by atoms with Crippen LogP contribution in [0.25, 0.3) is 0 Å². The Hall–Kier alpha value is -3.44. The zero-order valence-electron chi connectivity index (χ0n) is 21.4. The number of hydrogen-bond acceptors (Lipinski definition) is 10. The Labute approximate surface area is 214 Å². The van der Waals surface area contributed by atoms with Crippen LogP contribution in [0.2, 0.25) is 0 Å². The van der Waals surface area contributed by atoms with Crippen LogP contribution >= 0.6 is 0 Å². The van der Waals surface area contributed by atoms with Gasteiger partial charge in [-0.15, -0.1) is 0 Å². The highest BCUT2D eigenvalue weighted by molar-refractivity contribution is 6.46. The Bertz CT molecular complexity index is 1120. The molecule has 3 aliphatic rings. The van der Waals surface area contributed by atoms with E-state index in [4.69, 9.17) is 28.4 Å². The Kier molecular flexibility index (Phi) is 7.56. The smallest absolute Gasteiger partial charge is 0.329 e. The van der Waals surface area contributed by atoms with E-state index in [2.05, 4.69) is 0 Å². The first-order valence-corrected chi connectivity index (χ1v) is 12.2. The number of ether oxygens (including phenoxy) is 6. The fraction of sp³-hybridized carbons (Fsp3) is 0.538. The molecule has 2 saturated heterocycles. The summed E-state index contributed by atoms with van der Waals surface area (Å²) in [5, 5.41) is 0. The number of esters is 2. The molecule has 1 amide bonds. The molecule has 11 heteroatoms. The Morgan fingerprint density at radius 1 is 1.03 bits per heavy atom. The lowest BCUT2D eigenvalue weighted by atomic mass is 9.72. The van der Waals surface area contributed by atoms with E-state index in [-0.39, 0.29) is 38.2 Å². The molecule has 0 radical (unpaired) electrons. The van der Waals surface area contributed by atoms with Gasteiger partial charge in [-0.25, -0.2) is 4.79 Å². The van der Waals surface area contributed by atoms with Gasteiger partial charge in [0.2, 0.25) is 5.78 Å². The van der Waals surface area contributed by atoms with Crippen LogP contribution in [0.1, 0.15) is 32.3 Å². The number of amides is 1.